The summed E-state index contributed by atoms with van der Waals surface area (Å²) in [6.07, 6.45) is 0. The Hall–Kier alpha value is -1.91. The van der Waals surface area contributed by atoms with E-state index in [0.717, 1.165) is 0 Å². The molecule has 0 aliphatic heterocycles. The Morgan fingerprint density at radius 2 is 1.92 bits per heavy atom. The predicted octanol–water partition coefficient (Wildman–Crippen LogP) is 0.0206. The zero-order valence-electron chi connectivity index (χ0n) is 6.22. The molecule has 2 rings (SSSR count). The van der Waals surface area contributed by atoms with Crippen molar-refractivity contribution in [1.82, 2.24) is 10.2 Å². The van der Waals surface area contributed by atoms with Crippen molar-refractivity contribution in [2.45, 2.75) is 0 Å². The van der Waals surface area contributed by atoms with Crippen molar-refractivity contribution in [3.63, 3.8) is 0 Å². The second kappa shape index (κ2) is 2.04. The number of nitrogen functional groups attached to an aromatic ring is 2. The van der Waals surface area contributed by atoms with Gasteiger partial charge in [-0.3, -0.25) is 15.0 Å². The Balaban J connectivity index is 3.02. The summed E-state index contributed by atoms with van der Waals surface area (Å²) < 4.78 is 0. The van der Waals surface area contributed by atoms with Gasteiger partial charge >= 0.3 is 0 Å². The van der Waals surface area contributed by atoms with Gasteiger partial charge < -0.3 is 11.5 Å². The summed E-state index contributed by atoms with van der Waals surface area (Å²) in [6, 6.07) is 3.19. The van der Waals surface area contributed by atoms with Crippen molar-refractivity contribution < 1.29 is 0 Å². The molecule has 0 saturated carbocycles. The minimum absolute atomic E-state index is 0.205. The molecular formula is C7H8N4O. The van der Waals surface area contributed by atoms with Gasteiger partial charge in [0.2, 0.25) is 0 Å². The lowest BCUT2D eigenvalue weighted by Crippen LogP contribution is -1.98. The first-order valence-corrected chi connectivity index (χ1v) is 3.44. The Morgan fingerprint density at radius 3 is 2.67 bits per heavy atom. The van der Waals surface area contributed by atoms with Crippen LogP contribution in [-0.4, -0.2) is 10.2 Å². The SMILES string of the molecule is Nc1cc(N)c2[nH][nH]c(=O)c2c1. The molecule has 0 aliphatic carbocycles. The number of fused-ring (bicyclic) bond motifs is 1. The maximum absolute atomic E-state index is 11.1. The molecule has 1 aromatic carbocycles. The molecule has 5 nitrogen and oxygen atoms in total. The van der Waals surface area contributed by atoms with Crippen LogP contribution in [0.5, 0.6) is 0 Å². The Bertz CT molecular complexity index is 482. The lowest BCUT2D eigenvalue weighted by atomic mass is 10.2. The van der Waals surface area contributed by atoms with Gasteiger partial charge in [-0.2, -0.15) is 0 Å². The van der Waals surface area contributed by atoms with E-state index in [2.05, 4.69) is 10.2 Å². The van der Waals surface area contributed by atoms with Crippen molar-refractivity contribution in [1.29, 1.82) is 0 Å². The zero-order valence-corrected chi connectivity index (χ0v) is 6.22. The van der Waals surface area contributed by atoms with E-state index in [9.17, 15) is 4.79 Å². The molecule has 0 aliphatic rings. The van der Waals surface area contributed by atoms with Crippen LogP contribution >= 0.6 is 0 Å². The highest BCUT2D eigenvalue weighted by molar-refractivity contribution is 5.91. The fourth-order valence-electron chi connectivity index (χ4n) is 1.19. The van der Waals surface area contributed by atoms with E-state index in [4.69, 9.17) is 11.5 Å². The third-order valence-electron chi connectivity index (χ3n) is 1.74. The van der Waals surface area contributed by atoms with E-state index in [1.165, 1.54) is 0 Å². The topological polar surface area (TPSA) is 101 Å². The van der Waals surface area contributed by atoms with E-state index in [-0.39, 0.29) is 5.56 Å². The number of aromatic nitrogens is 2. The number of aromatic amines is 2. The number of nitrogens with one attached hydrogen (secondary N) is 2. The molecule has 6 N–H and O–H groups in total. The number of nitrogens with two attached hydrogens (primary N) is 2. The van der Waals surface area contributed by atoms with Crippen LogP contribution in [0.4, 0.5) is 11.4 Å². The summed E-state index contributed by atoms with van der Waals surface area (Å²) in [7, 11) is 0. The normalized spacial score (nSPS) is 10.7. The number of benzene rings is 1. The van der Waals surface area contributed by atoms with Gasteiger partial charge in [-0.05, 0) is 12.1 Å². The van der Waals surface area contributed by atoms with Crippen molar-refractivity contribution in [2.75, 3.05) is 11.5 Å². The van der Waals surface area contributed by atoms with Crippen LogP contribution in [0.25, 0.3) is 10.9 Å². The third kappa shape index (κ3) is 0.763. The third-order valence-corrected chi connectivity index (χ3v) is 1.74. The number of H-pyrrole nitrogens is 2. The van der Waals surface area contributed by atoms with Crippen molar-refractivity contribution in [2.24, 2.45) is 0 Å². The molecule has 12 heavy (non-hydrogen) atoms. The summed E-state index contributed by atoms with van der Waals surface area (Å²) in [5, 5.41) is 5.59. The van der Waals surface area contributed by atoms with E-state index in [1.54, 1.807) is 12.1 Å². The maximum atomic E-state index is 11.1. The molecular weight excluding hydrogens is 156 g/mol. The first-order valence-electron chi connectivity index (χ1n) is 3.44. The van der Waals surface area contributed by atoms with E-state index < -0.39 is 0 Å². The van der Waals surface area contributed by atoms with Crippen LogP contribution in [0.1, 0.15) is 0 Å². The summed E-state index contributed by atoms with van der Waals surface area (Å²) in [5.74, 6) is 0. The highest BCUT2D eigenvalue weighted by Crippen LogP contribution is 2.18. The molecule has 1 aromatic heterocycles. The van der Waals surface area contributed by atoms with Crippen molar-refractivity contribution in [3.05, 3.63) is 22.5 Å². The highest BCUT2D eigenvalue weighted by Gasteiger charge is 2.04. The molecule has 0 fully saturated rings. The van der Waals surface area contributed by atoms with Crippen LogP contribution < -0.4 is 17.0 Å². The smallest absolute Gasteiger partial charge is 0.271 e. The predicted molar refractivity (Wildman–Crippen MR) is 47.7 cm³/mol. The number of anilines is 2. The lowest BCUT2D eigenvalue weighted by molar-refractivity contribution is 1.08. The van der Waals surface area contributed by atoms with E-state index in [1.807, 2.05) is 0 Å². The Kier molecular flexibility index (Phi) is 1.15. The van der Waals surface area contributed by atoms with Crippen LogP contribution in [0.15, 0.2) is 16.9 Å². The highest BCUT2D eigenvalue weighted by atomic mass is 16.1. The fraction of sp³-hybridized carbons (Fsp3) is 0. The average Bonchev–Trinajstić information content (AvgIpc) is 2.33. The molecule has 0 atom stereocenters. The molecule has 0 saturated heterocycles. The van der Waals surface area contributed by atoms with Gasteiger partial charge in [0.25, 0.3) is 5.56 Å². The standard InChI is InChI=1S/C7H8N4O/c8-3-1-4-6(5(9)2-3)10-11-7(4)12/h1-2H,8-9H2,(H2,10,11,12). The number of hydrogen-bond acceptors (Lipinski definition) is 3. The zero-order chi connectivity index (χ0) is 8.72. The average molecular weight is 164 g/mol. The molecule has 0 bridgehead atoms. The molecule has 0 unspecified atom stereocenters. The molecule has 1 heterocycles. The molecule has 5 heteroatoms. The fourth-order valence-corrected chi connectivity index (χ4v) is 1.19. The van der Waals surface area contributed by atoms with Gasteiger partial charge in [-0.25, -0.2) is 0 Å². The monoisotopic (exact) mass is 164 g/mol. The van der Waals surface area contributed by atoms with E-state index >= 15 is 0 Å². The molecule has 62 valence electrons. The summed E-state index contributed by atoms with van der Waals surface area (Å²) >= 11 is 0. The second-order valence-electron chi connectivity index (χ2n) is 2.61. The first kappa shape index (κ1) is 6.78. The first-order chi connectivity index (χ1) is 5.68. The summed E-state index contributed by atoms with van der Waals surface area (Å²) in [5.41, 5.74) is 12.5. The van der Waals surface area contributed by atoms with Crippen LogP contribution in [0, 0.1) is 0 Å². The van der Waals surface area contributed by atoms with Crippen LogP contribution in [-0.2, 0) is 0 Å². The Labute approximate surface area is 67.4 Å². The minimum Gasteiger partial charge on any atom is -0.399 e. The van der Waals surface area contributed by atoms with Crippen LogP contribution in [0.2, 0.25) is 0 Å². The van der Waals surface area contributed by atoms with Gasteiger partial charge in [-0.1, -0.05) is 0 Å². The second-order valence-corrected chi connectivity index (χ2v) is 2.61. The lowest BCUT2D eigenvalue weighted by Gasteiger charge is -1.96. The molecule has 2 aromatic rings. The molecule has 0 spiro atoms. The Morgan fingerprint density at radius 1 is 1.17 bits per heavy atom. The minimum atomic E-state index is -0.205. The molecule has 0 amide bonds. The quantitative estimate of drug-likeness (QED) is 0.413. The van der Waals surface area contributed by atoms with Crippen molar-refractivity contribution >= 4 is 22.3 Å². The van der Waals surface area contributed by atoms with Gasteiger partial charge in [0, 0.05) is 5.69 Å². The number of rotatable bonds is 0. The number of hydrogen-bond donors (Lipinski definition) is 4. The van der Waals surface area contributed by atoms with Gasteiger partial charge in [0.15, 0.2) is 0 Å². The molecule has 0 radical (unpaired) electrons. The van der Waals surface area contributed by atoms with Gasteiger partial charge in [0.1, 0.15) is 0 Å². The van der Waals surface area contributed by atoms with Crippen LogP contribution in [0.3, 0.4) is 0 Å². The van der Waals surface area contributed by atoms with Gasteiger partial charge in [0.05, 0.1) is 16.6 Å². The summed E-state index contributed by atoms with van der Waals surface area (Å²) in [4.78, 5) is 11.1. The van der Waals surface area contributed by atoms with Gasteiger partial charge in [-0.15, -0.1) is 0 Å². The van der Waals surface area contributed by atoms with E-state index in [0.29, 0.717) is 22.3 Å². The maximum Gasteiger partial charge on any atom is 0.271 e. The van der Waals surface area contributed by atoms with Crippen molar-refractivity contribution in [3.8, 4) is 0 Å². The summed E-state index contributed by atoms with van der Waals surface area (Å²) in [6.45, 7) is 0. The largest absolute Gasteiger partial charge is 0.399 e.